The molecule has 1 atom stereocenters. The third-order valence-electron chi connectivity index (χ3n) is 4.89. The lowest BCUT2D eigenvalue weighted by Gasteiger charge is -2.13. The van der Waals surface area contributed by atoms with Crippen molar-refractivity contribution in [2.24, 2.45) is 7.05 Å². The van der Waals surface area contributed by atoms with Gasteiger partial charge in [-0.2, -0.15) is 0 Å². The first kappa shape index (κ1) is 17.7. The highest BCUT2D eigenvalue weighted by Crippen LogP contribution is 2.28. The van der Waals surface area contributed by atoms with Crippen LogP contribution in [0.3, 0.4) is 0 Å². The maximum Gasteiger partial charge on any atom is 0.278 e. The molecule has 0 aliphatic rings. The van der Waals surface area contributed by atoms with Crippen LogP contribution in [0.1, 0.15) is 49.4 Å². The summed E-state index contributed by atoms with van der Waals surface area (Å²) in [6.07, 6.45) is 2.15. The smallest absolute Gasteiger partial charge is 0.278 e. The first-order chi connectivity index (χ1) is 11.8. The molecular formula is C20H24ClN3O. The summed E-state index contributed by atoms with van der Waals surface area (Å²) >= 11 is 6.07. The Morgan fingerprint density at radius 3 is 2.60 bits per heavy atom. The predicted octanol–water partition coefficient (Wildman–Crippen LogP) is 4.87. The Hall–Kier alpha value is -2.07. The largest absolute Gasteiger partial charge is 0.293 e. The summed E-state index contributed by atoms with van der Waals surface area (Å²) in [6.45, 7) is 8.32. The van der Waals surface area contributed by atoms with E-state index in [-0.39, 0.29) is 5.56 Å². The average molecular weight is 358 g/mol. The molecule has 25 heavy (non-hydrogen) atoms. The van der Waals surface area contributed by atoms with E-state index in [2.05, 4.69) is 19.9 Å². The molecule has 1 unspecified atom stereocenters. The summed E-state index contributed by atoms with van der Waals surface area (Å²) in [5.41, 5.74) is 4.67. The van der Waals surface area contributed by atoms with Crippen LogP contribution in [0.4, 0.5) is 0 Å². The van der Waals surface area contributed by atoms with E-state index in [9.17, 15) is 4.79 Å². The SMILES string of the molecule is CCCC(C)c1cc(C)n2nc(-c3ccc(Cl)cc3C)n(C)c(=O)c12. The Labute approximate surface area is 153 Å². The van der Waals surface area contributed by atoms with Crippen LogP contribution in [0.15, 0.2) is 29.1 Å². The Kier molecular flexibility index (Phi) is 4.74. The molecule has 0 radical (unpaired) electrons. The quantitative estimate of drug-likeness (QED) is 0.668. The Balaban J connectivity index is 2.30. The maximum atomic E-state index is 13.1. The summed E-state index contributed by atoms with van der Waals surface area (Å²) in [6, 6.07) is 7.75. The molecule has 0 amide bonds. The molecule has 4 nitrogen and oxygen atoms in total. The van der Waals surface area contributed by atoms with Gasteiger partial charge < -0.3 is 0 Å². The Morgan fingerprint density at radius 2 is 1.96 bits per heavy atom. The molecule has 0 saturated carbocycles. The van der Waals surface area contributed by atoms with Crippen molar-refractivity contribution in [3.05, 3.63) is 56.5 Å². The summed E-state index contributed by atoms with van der Waals surface area (Å²) in [7, 11) is 1.79. The molecule has 3 rings (SSSR count). The van der Waals surface area contributed by atoms with Crippen LogP contribution < -0.4 is 5.56 Å². The fraction of sp³-hybridized carbons (Fsp3) is 0.400. The number of rotatable bonds is 4. The zero-order chi connectivity index (χ0) is 18.3. The Morgan fingerprint density at radius 1 is 1.24 bits per heavy atom. The monoisotopic (exact) mass is 357 g/mol. The summed E-state index contributed by atoms with van der Waals surface area (Å²) in [5, 5.41) is 5.48. The standard InChI is InChI=1S/C20H24ClN3O/c1-6-7-12(2)17-11-14(4)24-18(17)20(25)23(5)19(22-24)16-9-8-15(21)10-13(16)3/h8-12H,6-7H2,1-5H3. The third-order valence-corrected chi connectivity index (χ3v) is 5.12. The van der Waals surface area contributed by atoms with E-state index < -0.39 is 0 Å². The lowest BCUT2D eigenvalue weighted by molar-refractivity contribution is 0.666. The second-order valence-corrected chi connectivity index (χ2v) is 7.27. The molecule has 1 aromatic carbocycles. The van der Waals surface area contributed by atoms with Crippen molar-refractivity contribution in [1.82, 2.24) is 14.2 Å². The molecular weight excluding hydrogens is 334 g/mol. The van der Waals surface area contributed by atoms with Gasteiger partial charge in [0.15, 0.2) is 5.82 Å². The number of hydrogen-bond donors (Lipinski definition) is 0. The lowest BCUT2D eigenvalue weighted by atomic mass is 9.97. The van der Waals surface area contributed by atoms with E-state index >= 15 is 0 Å². The summed E-state index contributed by atoms with van der Waals surface area (Å²) < 4.78 is 3.44. The molecule has 0 N–H and O–H groups in total. The Bertz CT molecular complexity index is 1000. The fourth-order valence-corrected chi connectivity index (χ4v) is 3.72. The van der Waals surface area contributed by atoms with Crippen molar-refractivity contribution in [1.29, 1.82) is 0 Å². The van der Waals surface area contributed by atoms with Gasteiger partial charge in [-0.05, 0) is 61.6 Å². The van der Waals surface area contributed by atoms with Gasteiger partial charge in [-0.15, -0.1) is 5.10 Å². The highest BCUT2D eigenvalue weighted by molar-refractivity contribution is 6.30. The van der Waals surface area contributed by atoms with Gasteiger partial charge in [-0.3, -0.25) is 9.36 Å². The highest BCUT2D eigenvalue weighted by atomic mass is 35.5. The van der Waals surface area contributed by atoms with Crippen LogP contribution in [0, 0.1) is 13.8 Å². The van der Waals surface area contributed by atoms with Crippen LogP contribution in [-0.4, -0.2) is 14.2 Å². The van der Waals surface area contributed by atoms with E-state index in [0.29, 0.717) is 22.3 Å². The van der Waals surface area contributed by atoms with Gasteiger partial charge in [0, 0.05) is 23.3 Å². The highest BCUT2D eigenvalue weighted by Gasteiger charge is 2.20. The van der Waals surface area contributed by atoms with Crippen molar-refractivity contribution < 1.29 is 0 Å². The van der Waals surface area contributed by atoms with E-state index in [4.69, 9.17) is 16.7 Å². The molecule has 3 aromatic rings. The van der Waals surface area contributed by atoms with Crippen LogP contribution >= 0.6 is 11.6 Å². The number of halogens is 1. The van der Waals surface area contributed by atoms with E-state index in [1.165, 1.54) is 0 Å². The summed E-state index contributed by atoms with van der Waals surface area (Å²) in [4.78, 5) is 13.1. The minimum absolute atomic E-state index is 0.00889. The van der Waals surface area contributed by atoms with Crippen molar-refractivity contribution in [2.75, 3.05) is 0 Å². The number of fused-ring (bicyclic) bond motifs is 1. The molecule has 132 valence electrons. The normalized spacial score (nSPS) is 12.7. The molecule has 0 fully saturated rings. The number of hydrogen-bond acceptors (Lipinski definition) is 2. The fourth-order valence-electron chi connectivity index (χ4n) is 3.49. The zero-order valence-corrected chi connectivity index (χ0v) is 16.2. The molecule has 0 saturated heterocycles. The maximum absolute atomic E-state index is 13.1. The van der Waals surface area contributed by atoms with Crippen LogP contribution in [0.5, 0.6) is 0 Å². The van der Waals surface area contributed by atoms with Crippen molar-refractivity contribution in [3.8, 4) is 11.4 Å². The molecule has 0 aliphatic heterocycles. The third kappa shape index (κ3) is 2.99. The number of benzene rings is 1. The van der Waals surface area contributed by atoms with E-state index in [0.717, 1.165) is 35.2 Å². The van der Waals surface area contributed by atoms with Gasteiger partial charge in [-0.25, -0.2) is 4.52 Å². The minimum atomic E-state index is -0.00889. The lowest BCUT2D eigenvalue weighted by Crippen LogP contribution is -2.24. The van der Waals surface area contributed by atoms with Crippen LogP contribution in [0.25, 0.3) is 16.9 Å². The zero-order valence-electron chi connectivity index (χ0n) is 15.4. The number of aryl methyl sites for hydroxylation is 2. The number of nitrogens with zero attached hydrogens (tertiary/aromatic N) is 3. The van der Waals surface area contributed by atoms with Crippen LogP contribution in [0.2, 0.25) is 5.02 Å². The van der Waals surface area contributed by atoms with Crippen molar-refractivity contribution in [2.45, 2.75) is 46.5 Å². The minimum Gasteiger partial charge on any atom is -0.293 e. The molecule has 2 heterocycles. The first-order valence-electron chi connectivity index (χ1n) is 8.71. The van der Waals surface area contributed by atoms with Crippen LogP contribution in [-0.2, 0) is 7.05 Å². The molecule has 0 aliphatic carbocycles. The van der Waals surface area contributed by atoms with Gasteiger partial charge in [0.1, 0.15) is 5.52 Å². The molecule has 0 spiro atoms. The van der Waals surface area contributed by atoms with Gasteiger partial charge >= 0.3 is 0 Å². The molecule has 0 bridgehead atoms. The summed E-state index contributed by atoms with van der Waals surface area (Å²) in [5.74, 6) is 0.992. The van der Waals surface area contributed by atoms with E-state index in [1.807, 2.05) is 32.0 Å². The van der Waals surface area contributed by atoms with Crippen molar-refractivity contribution in [3.63, 3.8) is 0 Å². The van der Waals surface area contributed by atoms with Crippen molar-refractivity contribution >= 4 is 17.1 Å². The molecule has 2 aromatic heterocycles. The van der Waals surface area contributed by atoms with Gasteiger partial charge in [0.05, 0.1) is 0 Å². The second kappa shape index (κ2) is 6.68. The predicted molar refractivity (Wildman–Crippen MR) is 104 cm³/mol. The first-order valence-corrected chi connectivity index (χ1v) is 9.08. The van der Waals surface area contributed by atoms with E-state index in [1.54, 1.807) is 16.1 Å². The topological polar surface area (TPSA) is 39.3 Å². The molecule has 5 heteroatoms. The second-order valence-electron chi connectivity index (χ2n) is 6.84. The average Bonchev–Trinajstić information content (AvgIpc) is 2.89. The number of aromatic nitrogens is 3. The van der Waals surface area contributed by atoms with Gasteiger partial charge in [0.25, 0.3) is 5.56 Å². The van der Waals surface area contributed by atoms with Gasteiger partial charge in [0.2, 0.25) is 0 Å². The van der Waals surface area contributed by atoms with Gasteiger partial charge in [-0.1, -0.05) is 31.9 Å².